The molecular weight excluding hydrogens is 328 g/mol. The Morgan fingerprint density at radius 3 is 2.73 bits per heavy atom. The van der Waals surface area contributed by atoms with Crippen LogP contribution in [0.3, 0.4) is 0 Å². The molecule has 0 spiro atoms. The minimum absolute atomic E-state index is 0.0814. The van der Waals surface area contributed by atoms with E-state index in [0.29, 0.717) is 6.42 Å². The highest BCUT2D eigenvalue weighted by Crippen LogP contribution is 2.30. The van der Waals surface area contributed by atoms with Crippen molar-refractivity contribution < 1.29 is 4.79 Å². The fourth-order valence-electron chi connectivity index (χ4n) is 3.43. The van der Waals surface area contributed by atoms with Gasteiger partial charge in [-0.2, -0.15) is 0 Å². The number of carbonyl (C=O) groups excluding carboxylic acids is 1. The van der Waals surface area contributed by atoms with Crippen molar-refractivity contribution in [3.63, 3.8) is 0 Å². The third kappa shape index (κ3) is 3.46. The number of likely N-dealkylation sites (tertiary alicyclic amines) is 1. The number of pyridine rings is 1. The number of aromatic nitrogens is 5. The van der Waals surface area contributed by atoms with Crippen molar-refractivity contribution >= 4 is 5.91 Å². The molecule has 1 amide bonds. The second kappa shape index (κ2) is 7.43. The number of tetrazole rings is 1. The van der Waals surface area contributed by atoms with E-state index in [2.05, 4.69) is 20.5 Å². The lowest BCUT2D eigenvalue weighted by atomic mass is 9.97. The molecule has 7 heteroatoms. The number of amides is 1. The van der Waals surface area contributed by atoms with Gasteiger partial charge in [0.25, 0.3) is 0 Å². The number of rotatable bonds is 4. The van der Waals surface area contributed by atoms with Crippen molar-refractivity contribution in [1.29, 1.82) is 0 Å². The Morgan fingerprint density at radius 2 is 2.00 bits per heavy atom. The maximum absolute atomic E-state index is 12.9. The fraction of sp³-hybridized carbons (Fsp3) is 0.316. The molecule has 1 atom stereocenters. The molecule has 7 nitrogen and oxygen atoms in total. The van der Waals surface area contributed by atoms with Crippen LogP contribution in [0.2, 0.25) is 0 Å². The average molecular weight is 348 g/mol. The predicted molar refractivity (Wildman–Crippen MR) is 95.4 cm³/mol. The minimum Gasteiger partial charge on any atom is -0.334 e. The molecule has 0 aliphatic carbocycles. The van der Waals surface area contributed by atoms with Crippen molar-refractivity contribution in [3.05, 3.63) is 66.2 Å². The van der Waals surface area contributed by atoms with Gasteiger partial charge in [-0.15, -0.1) is 5.10 Å². The van der Waals surface area contributed by atoms with E-state index in [1.54, 1.807) is 17.2 Å². The molecule has 1 fully saturated rings. The number of hydrogen-bond donors (Lipinski definition) is 0. The first-order valence-corrected chi connectivity index (χ1v) is 8.84. The van der Waals surface area contributed by atoms with E-state index < -0.39 is 0 Å². The molecule has 0 N–H and O–H groups in total. The molecule has 0 radical (unpaired) electrons. The topological polar surface area (TPSA) is 76.8 Å². The molecule has 26 heavy (non-hydrogen) atoms. The number of hydrogen-bond acceptors (Lipinski definition) is 5. The van der Waals surface area contributed by atoms with Gasteiger partial charge in [-0.1, -0.05) is 18.2 Å². The van der Waals surface area contributed by atoms with Gasteiger partial charge >= 0.3 is 0 Å². The molecule has 3 heterocycles. The maximum Gasteiger partial charge on any atom is 0.227 e. The van der Waals surface area contributed by atoms with Crippen molar-refractivity contribution in [2.75, 3.05) is 6.54 Å². The molecule has 0 unspecified atom stereocenters. The summed E-state index contributed by atoms with van der Waals surface area (Å²) in [7, 11) is 0. The summed E-state index contributed by atoms with van der Waals surface area (Å²) in [6, 6.07) is 13.7. The van der Waals surface area contributed by atoms with Gasteiger partial charge in [0, 0.05) is 12.7 Å². The lowest BCUT2D eigenvalue weighted by molar-refractivity contribution is -0.134. The number of benzene rings is 1. The molecule has 1 saturated heterocycles. The van der Waals surface area contributed by atoms with Crippen LogP contribution in [-0.2, 0) is 11.2 Å². The zero-order chi connectivity index (χ0) is 17.8. The molecule has 2 aromatic heterocycles. The van der Waals surface area contributed by atoms with Crippen LogP contribution in [-0.4, -0.2) is 42.5 Å². The number of nitrogens with zero attached hydrogens (tertiary/aromatic N) is 6. The Hall–Kier alpha value is -3.09. The van der Waals surface area contributed by atoms with Crippen LogP contribution in [0.15, 0.2) is 55.0 Å². The van der Waals surface area contributed by atoms with Crippen LogP contribution in [0.1, 0.15) is 36.6 Å². The Bertz CT molecular complexity index is 848. The summed E-state index contributed by atoms with van der Waals surface area (Å²) in [6.45, 7) is 0.794. The normalized spacial score (nSPS) is 17.2. The Labute approximate surface area is 151 Å². The van der Waals surface area contributed by atoms with E-state index in [9.17, 15) is 4.79 Å². The SMILES string of the molecule is O=C(Cc1ccc(-n2cnnn2)cc1)N1CCCC[C@H]1c1ccccn1. The zero-order valence-electron chi connectivity index (χ0n) is 14.4. The second-order valence-electron chi connectivity index (χ2n) is 6.45. The predicted octanol–water partition coefficient (Wildman–Crippen LogP) is 2.35. The summed E-state index contributed by atoms with van der Waals surface area (Å²) < 4.78 is 1.59. The first kappa shape index (κ1) is 16.4. The summed E-state index contributed by atoms with van der Waals surface area (Å²) in [5.74, 6) is 0.149. The summed E-state index contributed by atoms with van der Waals surface area (Å²) in [6.07, 6.45) is 6.88. The van der Waals surface area contributed by atoms with Crippen LogP contribution in [0.5, 0.6) is 0 Å². The minimum atomic E-state index is 0.0814. The third-order valence-corrected chi connectivity index (χ3v) is 4.76. The van der Waals surface area contributed by atoms with Crippen LogP contribution in [0.25, 0.3) is 5.69 Å². The highest BCUT2D eigenvalue weighted by Gasteiger charge is 2.28. The summed E-state index contributed by atoms with van der Waals surface area (Å²) in [5.41, 5.74) is 2.84. The van der Waals surface area contributed by atoms with Gasteiger partial charge in [0.15, 0.2) is 0 Å². The fourth-order valence-corrected chi connectivity index (χ4v) is 3.43. The van der Waals surface area contributed by atoms with E-state index in [1.165, 1.54) is 0 Å². The average Bonchev–Trinajstić information content (AvgIpc) is 3.24. The summed E-state index contributed by atoms with van der Waals surface area (Å²) in [4.78, 5) is 19.4. The molecule has 1 aliphatic rings. The largest absolute Gasteiger partial charge is 0.334 e. The van der Waals surface area contributed by atoms with Gasteiger partial charge in [0.2, 0.25) is 5.91 Å². The number of carbonyl (C=O) groups is 1. The summed E-state index contributed by atoms with van der Waals surface area (Å²) in [5, 5.41) is 11.1. The molecule has 0 bridgehead atoms. The van der Waals surface area contributed by atoms with Gasteiger partial charge in [0.1, 0.15) is 6.33 Å². The van der Waals surface area contributed by atoms with Crippen molar-refractivity contribution in [3.8, 4) is 5.69 Å². The molecule has 132 valence electrons. The zero-order valence-corrected chi connectivity index (χ0v) is 14.4. The van der Waals surface area contributed by atoms with Crippen molar-refractivity contribution in [2.24, 2.45) is 0 Å². The Kier molecular flexibility index (Phi) is 4.68. The van der Waals surface area contributed by atoms with Crippen LogP contribution < -0.4 is 0 Å². The van der Waals surface area contributed by atoms with E-state index in [1.807, 2.05) is 47.4 Å². The summed E-state index contributed by atoms with van der Waals surface area (Å²) >= 11 is 0. The molecule has 1 aromatic carbocycles. The first-order valence-electron chi connectivity index (χ1n) is 8.84. The van der Waals surface area contributed by atoms with E-state index in [0.717, 1.165) is 42.8 Å². The van der Waals surface area contributed by atoms with Gasteiger partial charge in [0.05, 0.1) is 23.8 Å². The van der Waals surface area contributed by atoms with E-state index >= 15 is 0 Å². The second-order valence-corrected chi connectivity index (χ2v) is 6.45. The highest BCUT2D eigenvalue weighted by molar-refractivity contribution is 5.79. The van der Waals surface area contributed by atoms with Crippen LogP contribution in [0, 0.1) is 0 Å². The monoisotopic (exact) mass is 348 g/mol. The van der Waals surface area contributed by atoms with Crippen LogP contribution in [0.4, 0.5) is 0 Å². The van der Waals surface area contributed by atoms with Gasteiger partial charge in [-0.05, 0) is 59.5 Å². The number of piperidine rings is 1. The van der Waals surface area contributed by atoms with Gasteiger partial charge in [-0.3, -0.25) is 9.78 Å². The first-order chi connectivity index (χ1) is 12.8. The lowest BCUT2D eigenvalue weighted by Gasteiger charge is -2.35. The molecular formula is C19H20N6O. The molecule has 0 saturated carbocycles. The van der Waals surface area contributed by atoms with Crippen molar-refractivity contribution in [1.82, 2.24) is 30.1 Å². The Balaban J connectivity index is 1.48. The third-order valence-electron chi connectivity index (χ3n) is 4.76. The quantitative estimate of drug-likeness (QED) is 0.723. The Morgan fingerprint density at radius 1 is 1.12 bits per heavy atom. The highest BCUT2D eigenvalue weighted by atomic mass is 16.2. The van der Waals surface area contributed by atoms with E-state index in [4.69, 9.17) is 0 Å². The van der Waals surface area contributed by atoms with Gasteiger partial charge < -0.3 is 4.90 Å². The lowest BCUT2D eigenvalue weighted by Crippen LogP contribution is -2.39. The van der Waals surface area contributed by atoms with E-state index in [-0.39, 0.29) is 11.9 Å². The van der Waals surface area contributed by atoms with Crippen LogP contribution >= 0.6 is 0 Å². The maximum atomic E-state index is 12.9. The van der Waals surface area contributed by atoms with Crippen molar-refractivity contribution in [2.45, 2.75) is 31.7 Å². The molecule has 4 rings (SSSR count). The smallest absolute Gasteiger partial charge is 0.227 e. The molecule has 3 aromatic rings. The molecule has 1 aliphatic heterocycles. The standard InChI is InChI=1S/C19H20N6O/c26-19(13-15-7-9-16(10-8-15)25-14-21-22-23-25)24-12-4-2-6-18(24)17-5-1-3-11-20-17/h1,3,5,7-11,14,18H,2,4,6,12-13H2/t18-/m0/s1. The van der Waals surface area contributed by atoms with Gasteiger partial charge in [-0.25, -0.2) is 4.68 Å².